The Bertz CT molecular complexity index is 676. The summed E-state index contributed by atoms with van der Waals surface area (Å²) in [7, 11) is 0. The lowest BCUT2D eigenvalue weighted by Crippen LogP contribution is -1.98. The summed E-state index contributed by atoms with van der Waals surface area (Å²) in [4.78, 5) is 2.59. The van der Waals surface area contributed by atoms with Crippen LogP contribution in [-0.2, 0) is 0 Å². The number of benzene rings is 2. The van der Waals surface area contributed by atoms with Crippen molar-refractivity contribution in [1.29, 1.82) is 0 Å². The molecule has 24 heavy (non-hydrogen) atoms. The fraction of sp³-hybridized carbons (Fsp3) is 0. The first-order chi connectivity index (χ1) is 11.9. The SMILES string of the molecule is c1ccc2c(c1)Nc1ccccc1S2.c1ccsc1.c1ccsc1. The van der Waals surface area contributed by atoms with Crippen molar-refractivity contribution in [2.75, 3.05) is 5.32 Å². The van der Waals surface area contributed by atoms with Gasteiger partial charge in [-0.05, 0) is 45.8 Å². The van der Waals surface area contributed by atoms with Gasteiger partial charge in [0.05, 0.1) is 11.4 Å². The number of hydrogen-bond acceptors (Lipinski definition) is 4. The van der Waals surface area contributed by atoms with Gasteiger partial charge in [0.2, 0.25) is 0 Å². The van der Waals surface area contributed by atoms with Gasteiger partial charge in [-0.25, -0.2) is 0 Å². The fourth-order valence-electron chi connectivity index (χ4n) is 2.03. The Balaban J connectivity index is 0.000000138. The molecule has 0 fully saturated rings. The lowest BCUT2D eigenvalue weighted by molar-refractivity contribution is 1.32. The first kappa shape index (κ1) is 16.8. The molecule has 0 saturated heterocycles. The average molecular weight is 368 g/mol. The number of thiophene rings is 2. The van der Waals surface area contributed by atoms with Crippen LogP contribution in [0.4, 0.5) is 11.4 Å². The molecule has 0 radical (unpaired) electrons. The number of nitrogens with one attached hydrogen (secondary N) is 1. The summed E-state index contributed by atoms with van der Waals surface area (Å²) < 4.78 is 0. The lowest BCUT2D eigenvalue weighted by atomic mass is 10.2. The molecule has 0 bridgehead atoms. The van der Waals surface area contributed by atoms with Crippen molar-refractivity contribution in [3.63, 3.8) is 0 Å². The molecule has 0 atom stereocenters. The maximum Gasteiger partial charge on any atom is 0.0526 e. The number of fused-ring (bicyclic) bond motifs is 2. The van der Waals surface area contributed by atoms with E-state index in [4.69, 9.17) is 0 Å². The van der Waals surface area contributed by atoms with Crippen LogP contribution in [0.25, 0.3) is 0 Å². The van der Waals surface area contributed by atoms with E-state index in [2.05, 4.69) is 53.8 Å². The van der Waals surface area contributed by atoms with E-state index in [9.17, 15) is 0 Å². The first-order valence-corrected chi connectivity index (χ1v) is 10.2. The molecule has 0 aliphatic carbocycles. The molecule has 0 spiro atoms. The van der Waals surface area contributed by atoms with Gasteiger partial charge in [0.15, 0.2) is 0 Å². The summed E-state index contributed by atoms with van der Waals surface area (Å²) in [5, 5.41) is 11.6. The number of rotatable bonds is 0. The Labute approximate surface area is 155 Å². The Morgan fingerprint density at radius 3 is 1.29 bits per heavy atom. The third kappa shape index (κ3) is 4.99. The normalized spacial score (nSPS) is 10.7. The first-order valence-electron chi connectivity index (χ1n) is 7.51. The van der Waals surface area contributed by atoms with Crippen molar-refractivity contribution >= 4 is 45.8 Å². The second kappa shape index (κ2) is 9.33. The predicted octanol–water partition coefficient (Wildman–Crippen LogP) is 7.39. The Morgan fingerprint density at radius 1 is 0.500 bits per heavy atom. The van der Waals surface area contributed by atoms with Crippen LogP contribution in [0.5, 0.6) is 0 Å². The lowest BCUT2D eigenvalue weighted by Gasteiger charge is -2.19. The van der Waals surface area contributed by atoms with E-state index in [1.165, 1.54) is 21.2 Å². The van der Waals surface area contributed by atoms with Crippen LogP contribution >= 0.6 is 34.4 Å². The predicted molar refractivity (Wildman–Crippen MR) is 109 cm³/mol. The molecule has 0 unspecified atom stereocenters. The molecule has 4 heteroatoms. The fourth-order valence-corrected chi connectivity index (χ4v) is 3.93. The van der Waals surface area contributed by atoms with Crippen molar-refractivity contribution < 1.29 is 0 Å². The summed E-state index contributed by atoms with van der Waals surface area (Å²) in [5.74, 6) is 0. The van der Waals surface area contributed by atoms with Crippen LogP contribution in [0.1, 0.15) is 0 Å². The number of para-hydroxylation sites is 2. The zero-order valence-electron chi connectivity index (χ0n) is 13.0. The zero-order chi connectivity index (χ0) is 16.5. The second-order valence-electron chi connectivity index (χ2n) is 4.81. The molecular weight excluding hydrogens is 350 g/mol. The zero-order valence-corrected chi connectivity index (χ0v) is 15.4. The van der Waals surface area contributed by atoms with E-state index in [0.717, 1.165) is 0 Å². The van der Waals surface area contributed by atoms with E-state index in [1.54, 1.807) is 22.7 Å². The Kier molecular flexibility index (Phi) is 6.54. The molecule has 0 saturated carbocycles. The molecule has 5 rings (SSSR count). The summed E-state index contributed by atoms with van der Waals surface area (Å²) in [6.45, 7) is 0. The number of anilines is 2. The van der Waals surface area contributed by atoms with Crippen molar-refractivity contribution in [2.45, 2.75) is 9.79 Å². The third-order valence-corrected chi connectivity index (χ3v) is 5.52. The van der Waals surface area contributed by atoms with Crippen LogP contribution in [0.15, 0.2) is 104 Å². The Morgan fingerprint density at radius 2 is 0.917 bits per heavy atom. The van der Waals surface area contributed by atoms with Gasteiger partial charge >= 0.3 is 0 Å². The van der Waals surface area contributed by atoms with Crippen LogP contribution in [0, 0.1) is 0 Å². The summed E-state index contributed by atoms with van der Waals surface area (Å²) >= 11 is 5.25. The van der Waals surface area contributed by atoms with Crippen LogP contribution < -0.4 is 5.32 Å². The molecule has 4 aromatic rings. The van der Waals surface area contributed by atoms with Crippen molar-refractivity contribution in [1.82, 2.24) is 0 Å². The minimum atomic E-state index is 1.20. The minimum Gasteiger partial charge on any atom is -0.354 e. The minimum absolute atomic E-state index is 1.20. The highest BCUT2D eigenvalue weighted by atomic mass is 32.2. The molecule has 3 heterocycles. The van der Waals surface area contributed by atoms with Gasteiger partial charge < -0.3 is 5.32 Å². The smallest absolute Gasteiger partial charge is 0.0526 e. The van der Waals surface area contributed by atoms with Gasteiger partial charge in [-0.2, -0.15) is 22.7 Å². The van der Waals surface area contributed by atoms with Crippen molar-refractivity contribution in [2.24, 2.45) is 0 Å². The average Bonchev–Trinajstić information content (AvgIpc) is 3.38. The topological polar surface area (TPSA) is 12.0 Å². The molecule has 1 N–H and O–H groups in total. The van der Waals surface area contributed by atoms with Gasteiger partial charge in [0.25, 0.3) is 0 Å². The summed E-state index contributed by atoms with van der Waals surface area (Å²) in [6.07, 6.45) is 0. The molecule has 1 aliphatic rings. The largest absolute Gasteiger partial charge is 0.354 e. The molecule has 0 amide bonds. The highest BCUT2D eigenvalue weighted by Gasteiger charge is 2.13. The Hall–Kier alpha value is -2.01. The van der Waals surface area contributed by atoms with E-state index in [1.807, 2.05) is 57.5 Å². The van der Waals surface area contributed by atoms with Crippen LogP contribution in [0.2, 0.25) is 0 Å². The van der Waals surface area contributed by atoms with E-state index >= 15 is 0 Å². The van der Waals surface area contributed by atoms with Gasteiger partial charge in [0.1, 0.15) is 0 Å². The maximum atomic E-state index is 3.42. The molecular formula is C20H17NS3. The summed E-state index contributed by atoms with van der Waals surface area (Å²) in [5.41, 5.74) is 2.41. The molecule has 1 aliphatic heterocycles. The van der Waals surface area contributed by atoms with Gasteiger partial charge in [-0.3, -0.25) is 0 Å². The van der Waals surface area contributed by atoms with Crippen molar-refractivity contribution in [3.05, 3.63) is 94.3 Å². The van der Waals surface area contributed by atoms with E-state index < -0.39 is 0 Å². The maximum absolute atomic E-state index is 3.42. The standard InChI is InChI=1S/C12H9NS.2C4H4S/c1-3-7-11-9(5-1)13-10-6-2-4-8-12(10)14-11;2*1-2-4-5-3-1/h1-8,13H;2*1-4H. The second-order valence-corrected chi connectivity index (χ2v) is 7.52. The molecule has 2 aromatic carbocycles. The molecule has 1 nitrogen and oxygen atoms in total. The van der Waals surface area contributed by atoms with Gasteiger partial charge in [-0.1, -0.05) is 60.3 Å². The van der Waals surface area contributed by atoms with Crippen molar-refractivity contribution in [3.8, 4) is 0 Å². The highest BCUT2D eigenvalue weighted by molar-refractivity contribution is 7.99. The van der Waals surface area contributed by atoms with Gasteiger partial charge in [0, 0.05) is 9.79 Å². The molecule has 120 valence electrons. The summed E-state index contributed by atoms with van der Waals surface area (Å²) in [6, 6.07) is 24.8. The monoisotopic (exact) mass is 367 g/mol. The van der Waals surface area contributed by atoms with E-state index in [-0.39, 0.29) is 0 Å². The van der Waals surface area contributed by atoms with Crippen LogP contribution in [-0.4, -0.2) is 0 Å². The number of hydrogen-bond donors (Lipinski definition) is 1. The third-order valence-electron chi connectivity index (χ3n) is 3.11. The van der Waals surface area contributed by atoms with E-state index in [0.29, 0.717) is 0 Å². The highest BCUT2D eigenvalue weighted by Crippen LogP contribution is 2.43. The van der Waals surface area contributed by atoms with Gasteiger partial charge in [-0.15, -0.1) is 0 Å². The molecule has 2 aromatic heterocycles. The quantitative estimate of drug-likeness (QED) is 0.306. The van der Waals surface area contributed by atoms with Crippen LogP contribution in [0.3, 0.4) is 0 Å².